The Kier molecular flexibility index (Phi) is 6.70. The van der Waals surface area contributed by atoms with Gasteiger partial charge in [-0.15, -0.1) is 5.11 Å². The summed E-state index contributed by atoms with van der Waals surface area (Å²) in [6.45, 7) is 3.65. The van der Waals surface area contributed by atoms with E-state index in [4.69, 9.17) is 0 Å². The lowest BCUT2D eigenvalue weighted by Crippen LogP contribution is -2.28. The molecule has 1 aromatic heterocycles. The lowest BCUT2D eigenvalue weighted by molar-refractivity contribution is -0.117. The summed E-state index contributed by atoms with van der Waals surface area (Å²) in [6, 6.07) is 6.82. The topological polar surface area (TPSA) is 174 Å². The molecule has 1 atom stereocenters. The number of nitrogens with one attached hydrogen (secondary N) is 1. The van der Waals surface area contributed by atoms with Gasteiger partial charge in [0, 0.05) is 12.5 Å². The third-order valence-corrected chi connectivity index (χ3v) is 5.36. The first-order chi connectivity index (χ1) is 14.0. The van der Waals surface area contributed by atoms with Gasteiger partial charge >= 0.3 is 0 Å². The lowest BCUT2D eigenvalue weighted by Gasteiger charge is -2.14. The van der Waals surface area contributed by atoms with Crippen molar-refractivity contribution in [3.63, 3.8) is 0 Å². The number of rotatable bonds is 6. The second kappa shape index (κ2) is 8.85. The van der Waals surface area contributed by atoms with E-state index in [1.807, 2.05) is 4.72 Å². The molecule has 0 fully saturated rings. The van der Waals surface area contributed by atoms with E-state index in [9.17, 15) is 33.5 Å². The van der Waals surface area contributed by atoms with Crippen molar-refractivity contribution in [1.82, 2.24) is 9.29 Å². The van der Waals surface area contributed by atoms with E-state index >= 15 is 0 Å². The number of sulfonamides is 1. The van der Waals surface area contributed by atoms with E-state index in [-0.39, 0.29) is 33.9 Å². The Bertz CT molecular complexity index is 1210. The second-order valence-corrected chi connectivity index (χ2v) is 8.09. The van der Waals surface area contributed by atoms with Crippen molar-refractivity contribution in [3.8, 4) is 11.9 Å². The number of pyridine rings is 1. The summed E-state index contributed by atoms with van der Waals surface area (Å²) in [4.78, 5) is 23.5. The van der Waals surface area contributed by atoms with Crippen molar-refractivity contribution >= 4 is 27.3 Å². The van der Waals surface area contributed by atoms with Gasteiger partial charge in [0.1, 0.15) is 11.6 Å². The maximum absolute atomic E-state index is 12.6. The van der Waals surface area contributed by atoms with Crippen LogP contribution < -0.4 is 10.3 Å². The summed E-state index contributed by atoms with van der Waals surface area (Å²) in [5.74, 6) is -1.31. The molecule has 1 aromatic carbocycles. The number of nitrogens with zero attached hydrogens (tertiary/aromatic N) is 4. The molecule has 0 spiro atoms. The number of hydrogen-bond donors (Lipinski definition) is 3. The monoisotopic (exact) mass is 433 g/mol. The standard InChI is InChI=1S/C18H19N5O6S/c1-10(24)9-23-17(26)15(8-19)11(2)16(18(23)27)21-20-13-4-6-14(7-5-13)30(28,29)22-12(3)25/h4-7,10,24,26H,9H2,1-3H3,(H,22,25). The number of carbonyl (C=O) groups is 1. The van der Waals surface area contributed by atoms with Crippen LogP contribution in [0.5, 0.6) is 5.88 Å². The summed E-state index contributed by atoms with van der Waals surface area (Å²) in [7, 11) is -4.00. The van der Waals surface area contributed by atoms with Gasteiger partial charge in [0.2, 0.25) is 11.8 Å². The molecular weight excluding hydrogens is 414 g/mol. The molecule has 3 N–H and O–H groups in total. The SMILES string of the molecule is CC(=O)NS(=O)(=O)c1ccc(N=Nc2c(C)c(C#N)c(O)n(CC(C)O)c2=O)cc1. The average molecular weight is 433 g/mol. The summed E-state index contributed by atoms with van der Waals surface area (Å²) >= 11 is 0. The molecule has 1 heterocycles. The molecule has 0 saturated heterocycles. The number of nitriles is 1. The molecule has 12 heteroatoms. The molecule has 158 valence electrons. The van der Waals surface area contributed by atoms with E-state index in [0.29, 0.717) is 0 Å². The molecule has 0 aliphatic heterocycles. The van der Waals surface area contributed by atoms with E-state index < -0.39 is 33.5 Å². The van der Waals surface area contributed by atoms with Crippen LogP contribution in [0.15, 0.2) is 44.2 Å². The van der Waals surface area contributed by atoms with Crippen LogP contribution in [0, 0.1) is 18.3 Å². The predicted octanol–water partition coefficient (Wildman–Crippen LogP) is 1.35. The zero-order valence-electron chi connectivity index (χ0n) is 16.3. The molecule has 0 bridgehead atoms. The Morgan fingerprint density at radius 2 is 1.90 bits per heavy atom. The molecule has 1 amide bonds. The quantitative estimate of drug-likeness (QED) is 0.576. The molecule has 11 nitrogen and oxygen atoms in total. The number of aliphatic hydroxyl groups is 1. The molecule has 1 unspecified atom stereocenters. The zero-order chi connectivity index (χ0) is 22.6. The highest BCUT2D eigenvalue weighted by molar-refractivity contribution is 7.90. The van der Waals surface area contributed by atoms with Crippen LogP contribution in [0.1, 0.15) is 25.0 Å². The number of aliphatic hydroxyl groups excluding tert-OH is 1. The number of amides is 1. The number of benzene rings is 1. The van der Waals surface area contributed by atoms with Gasteiger partial charge < -0.3 is 10.2 Å². The number of aromatic nitrogens is 1. The largest absolute Gasteiger partial charge is 0.493 e. The minimum atomic E-state index is -4.00. The van der Waals surface area contributed by atoms with Crippen molar-refractivity contribution in [2.75, 3.05) is 0 Å². The van der Waals surface area contributed by atoms with Crippen molar-refractivity contribution < 1.29 is 23.4 Å². The van der Waals surface area contributed by atoms with Gasteiger partial charge in [0.25, 0.3) is 15.6 Å². The van der Waals surface area contributed by atoms with Crippen molar-refractivity contribution in [2.45, 2.75) is 38.3 Å². The number of hydrogen-bond acceptors (Lipinski definition) is 9. The first-order valence-corrected chi connectivity index (χ1v) is 10.1. The van der Waals surface area contributed by atoms with Gasteiger partial charge in [-0.1, -0.05) is 0 Å². The van der Waals surface area contributed by atoms with Gasteiger partial charge in [0.05, 0.1) is 23.2 Å². The highest BCUT2D eigenvalue weighted by atomic mass is 32.2. The van der Waals surface area contributed by atoms with Crippen LogP contribution in [-0.4, -0.2) is 35.2 Å². The molecular formula is C18H19N5O6S. The van der Waals surface area contributed by atoms with Crippen LogP contribution in [0.4, 0.5) is 11.4 Å². The molecule has 2 aromatic rings. The van der Waals surface area contributed by atoms with E-state index in [1.54, 1.807) is 6.07 Å². The van der Waals surface area contributed by atoms with Crippen LogP contribution in [0.3, 0.4) is 0 Å². The maximum Gasteiger partial charge on any atom is 0.281 e. The maximum atomic E-state index is 12.6. The summed E-state index contributed by atoms with van der Waals surface area (Å²) in [5.41, 5.74) is -0.834. The Morgan fingerprint density at radius 1 is 1.30 bits per heavy atom. The van der Waals surface area contributed by atoms with Crippen LogP contribution >= 0.6 is 0 Å². The van der Waals surface area contributed by atoms with Gasteiger partial charge in [-0.2, -0.15) is 10.4 Å². The fourth-order valence-corrected chi connectivity index (χ4v) is 3.53. The molecule has 30 heavy (non-hydrogen) atoms. The number of carbonyl (C=O) groups excluding carboxylic acids is 1. The van der Waals surface area contributed by atoms with Gasteiger partial charge in [-0.25, -0.2) is 13.1 Å². The highest BCUT2D eigenvalue weighted by Gasteiger charge is 2.20. The minimum absolute atomic E-state index is 0.107. The van der Waals surface area contributed by atoms with E-state index in [0.717, 1.165) is 11.5 Å². The summed E-state index contributed by atoms with van der Waals surface area (Å²) < 4.78 is 26.5. The molecule has 0 radical (unpaired) electrons. The number of azo groups is 1. The first-order valence-electron chi connectivity index (χ1n) is 8.57. The smallest absolute Gasteiger partial charge is 0.281 e. The normalized spacial score (nSPS) is 12.5. The van der Waals surface area contributed by atoms with Crippen LogP contribution in [0.25, 0.3) is 0 Å². The van der Waals surface area contributed by atoms with E-state index in [1.165, 1.54) is 38.1 Å². The van der Waals surface area contributed by atoms with Gasteiger partial charge in [0.15, 0.2) is 5.69 Å². The third kappa shape index (κ3) is 4.88. The predicted molar refractivity (Wildman–Crippen MR) is 105 cm³/mol. The lowest BCUT2D eigenvalue weighted by atomic mass is 10.1. The van der Waals surface area contributed by atoms with Crippen molar-refractivity contribution in [2.24, 2.45) is 10.2 Å². The van der Waals surface area contributed by atoms with Gasteiger partial charge in [-0.3, -0.25) is 14.2 Å². The number of aromatic hydroxyl groups is 1. The Hall–Kier alpha value is -3.56. The Labute approximate surface area is 172 Å². The Balaban J connectivity index is 2.46. The zero-order valence-corrected chi connectivity index (χ0v) is 17.1. The highest BCUT2D eigenvalue weighted by Crippen LogP contribution is 2.27. The third-order valence-electron chi connectivity index (χ3n) is 3.91. The fraction of sp³-hybridized carbons (Fsp3) is 0.278. The van der Waals surface area contributed by atoms with Crippen LogP contribution in [0.2, 0.25) is 0 Å². The minimum Gasteiger partial charge on any atom is -0.493 e. The summed E-state index contributed by atoms with van der Waals surface area (Å²) in [6.07, 6.45) is -0.967. The molecule has 0 aliphatic rings. The van der Waals surface area contributed by atoms with Crippen LogP contribution in [-0.2, 0) is 21.4 Å². The average Bonchev–Trinajstić information content (AvgIpc) is 2.65. The van der Waals surface area contributed by atoms with Crippen molar-refractivity contribution in [3.05, 3.63) is 45.7 Å². The Morgan fingerprint density at radius 3 is 2.40 bits per heavy atom. The first kappa shape index (κ1) is 22.7. The second-order valence-electron chi connectivity index (χ2n) is 6.40. The molecule has 2 rings (SSSR count). The fourth-order valence-electron chi connectivity index (χ4n) is 2.54. The molecule has 0 saturated carbocycles. The molecule has 0 aliphatic carbocycles. The van der Waals surface area contributed by atoms with Gasteiger partial charge in [-0.05, 0) is 38.1 Å². The summed E-state index contributed by atoms with van der Waals surface area (Å²) in [5, 5.41) is 36.7. The van der Waals surface area contributed by atoms with Crippen molar-refractivity contribution in [1.29, 1.82) is 5.26 Å². The van der Waals surface area contributed by atoms with E-state index in [2.05, 4.69) is 10.2 Å².